The number of amides is 2. The molecular weight excluding hydrogens is 306 g/mol. The van der Waals surface area contributed by atoms with E-state index in [1.54, 1.807) is 11.1 Å². The minimum atomic E-state index is -0.147. The van der Waals surface area contributed by atoms with Gasteiger partial charge < -0.3 is 9.64 Å². The lowest BCUT2D eigenvalue weighted by atomic mass is 9.92. The Morgan fingerprint density at radius 1 is 1.38 bits per heavy atom. The van der Waals surface area contributed by atoms with Crippen LogP contribution >= 0.6 is 0 Å². The quantitative estimate of drug-likeness (QED) is 0.890. The second-order valence-corrected chi connectivity index (χ2v) is 7.29. The molecular formula is C17H29N5O2. The molecule has 2 heterocycles. The third-order valence-electron chi connectivity index (χ3n) is 4.08. The third-order valence-corrected chi connectivity index (χ3v) is 4.08. The summed E-state index contributed by atoms with van der Waals surface area (Å²) >= 11 is 0. The predicted molar refractivity (Wildman–Crippen MR) is 94.2 cm³/mol. The summed E-state index contributed by atoms with van der Waals surface area (Å²) in [6.07, 6.45) is 1.72. The Kier molecular flexibility index (Phi) is 6.12. The fourth-order valence-corrected chi connectivity index (χ4v) is 2.98. The number of ether oxygens (including phenoxy) is 1. The summed E-state index contributed by atoms with van der Waals surface area (Å²) in [7, 11) is 1.82. The van der Waals surface area contributed by atoms with Crippen molar-refractivity contribution >= 4 is 11.8 Å². The Balaban J connectivity index is 1.91. The van der Waals surface area contributed by atoms with Gasteiger partial charge in [-0.2, -0.15) is 0 Å². The summed E-state index contributed by atoms with van der Waals surface area (Å²) in [4.78, 5) is 25.0. The van der Waals surface area contributed by atoms with E-state index in [0.717, 1.165) is 38.4 Å². The van der Waals surface area contributed by atoms with Crippen LogP contribution in [0.4, 0.5) is 10.6 Å². The van der Waals surface area contributed by atoms with Gasteiger partial charge in [0.25, 0.3) is 0 Å². The number of carbonyl (C=O) groups excluding carboxylic acids is 1. The standard InChI is InChI=1S/C17H29N5O2/c1-13-10-18-14(2)19-15(13)20-16(23)21(5)11-17(3,4)12-22-6-8-24-9-7-22/h10H,6-9,11-12H2,1-5H3,(H,18,19,20,23). The maximum absolute atomic E-state index is 12.5. The molecule has 24 heavy (non-hydrogen) atoms. The zero-order valence-corrected chi connectivity index (χ0v) is 15.4. The van der Waals surface area contributed by atoms with Gasteiger partial charge in [0.1, 0.15) is 11.6 Å². The number of aryl methyl sites for hydroxylation is 2. The number of nitrogens with one attached hydrogen (secondary N) is 1. The summed E-state index contributed by atoms with van der Waals surface area (Å²) in [5.41, 5.74) is 0.856. The van der Waals surface area contributed by atoms with Crippen LogP contribution in [0, 0.1) is 19.3 Å². The lowest BCUT2D eigenvalue weighted by molar-refractivity contribution is 0.0182. The van der Waals surface area contributed by atoms with Crippen LogP contribution in [-0.4, -0.2) is 72.2 Å². The molecule has 2 amide bonds. The molecule has 0 unspecified atom stereocenters. The van der Waals surface area contributed by atoms with E-state index in [1.807, 2.05) is 20.9 Å². The third kappa shape index (κ3) is 5.42. The highest BCUT2D eigenvalue weighted by molar-refractivity contribution is 5.88. The first kappa shape index (κ1) is 18.6. The first-order valence-electron chi connectivity index (χ1n) is 8.39. The number of rotatable bonds is 5. The van der Waals surface area contributed by atoms with Crippen LogP contribution in [0.15, 0.2) is 6.20 Å². The van der Waals surface area contributed by atoms with E-state index in [4.69, 9.17) is 4.74 Å². The van der Waals surface area contributed by atoms with Gasteiger partial charge in [-0.15, -0.1) is 0 Å². The van der Waals surface area contributed by atoms with Gasteiger partial charge >= 0.3 is 6.03 Å². The highest BCUT2D eigenvalue weighted by Crippen LogP contribution is 2.20. The summed E-state index contributed by atoms with van der Waals surface area (Å²) < 4.78 is 5.39. The number of urea groups is 1. The lowest BCUT2D eigenvalue weighted by Gasteiger charge is -2.37. The summed E-state index contributed by atoms with van der Waals surface area (Å²) in [6.45, 7) is 13.2. The molecule has 0 atom stereocenters. The average Bonchev–Trinajstić information content (AvgIpc) is 2.51. The van der Waals surface area contributed by atoms with Gasteiger partial charge in [-0.1, -0.05) is 13.8 Å². The minimum Gasteiger partial charge on any atom is -0.379 e. The zero-order valence-electron chi connectivity index (χ0n) is 15.4. The fraction of sp³-hybridized carbons (Fsp3) is 0.706. The van der Waals surface area contributed by atoms with Crippen molar-refractivity contribution in [2.75, 3.05) is 51.8 Å². The molecule has 2 rings (SSSR count). The van der Waals surface area contributed by atoms with Gasteiger partial charge in [-0.05, 0) is 19.3 Å². The monoisotopic (exact) mass is 335 g/mol. The number of hydrogen-bond acceptors (Lipinski definition) is 5. The fourth-order valence-electron chi connectivity index (χ4n) is 2.98. The van der Waals surface area contributed by atoms with Crippen LogP contribution in [-0.2, 0) is 4.74 Å². The van der Waals surface area contributed by atoms with Crippen molar-refractivity contribution in [3.05, 3.63) is 17.6 Å². The number of carbonyl (C=O) groups is 1. The van der Waals surface area contributed by atoms with E-state index in [0.29, 0.717) is 18.2 Å². The molecule has 0 aromatic carbocycles. The highest BCUT2D eigenvalue weighted by atomic mass is 16.5. The number of nitrogens with zero attached hydrogens (tertiary/aromatic N) is 4. The Morgan fingerprint density at radius 2 is 2.04 bits per heavy atom. The maximum Gasteiger partial charge on any atom is 0.322 e. The molecule has 134 valence electrons. The normalized spacial score (nSPS) is 16.0. The molecule has 1 fully saturated rings. The number of morpholine rings is 1. The largest absolute Gasteiger partial charge is 0.379 e. The SMILES string of the molecule is Cc1ncc(C)c(NC(=O)N(C)CC(C)(C)CN2CCOCC2)n1. The summed E-state index contributed by atoms with van der Waals surface area (Å²) in [5, 5.41) is 2.88. The van der Waals surface area contributed by atoms with Crippen LogP contribution in [0.25, 0.3) is 0 Å². The first-order valence-corrected chi connectivity index (χ1v) is 8.39. The van der Waals surface area contributed by atoms with Gasteiger partial charge in [0.2, 0.25) is 0 Å². The van der Waals surface area contributed by atoms with Crippen LogP contribution in [0.1, 0.15) is 25.2 Å². The molecule has 1 aromatic rings. The van der Waals surface area contributed by atoms with Crippen LogP contribution in [0.5, 0.6) is 0 Å². The molecule has 0 radical (unpaired) electrons. The molecule has 1 aliphatic rings. The molecule has 1 saturated heterocycles. The van der Waals surface area contributed by atoms with E-state index in [1.165, 1.54) is 0 Å². The highest BCUT2D eigenvalue weighted by Gasteiger charge is 2.26. The molecule has 7 nitrogen and oxygen atoms in total. The Bertz CT molecular complexity index is 570. The van der Waals surface area contributed by atoms with Crippen molar-refractivity contribution in [1.29, 1.82) is 0 Å². The summed E-state index contributed by atoms with van der Waals surface area (Å²) in [6, 6.07) is -0.147. The predicted octanol–water partition coefficient (Wildman–Crippen LogP) is 1.92. The first-order chi connectivity index (χ1) is 11.3. The molecule has 0 bridgehead atoms. The maximum atomic E-state index is 12.5. The average molecular weight is 335 g/mol. The number of hydrogen-bond donors (Lipinski definition) is 1. The van der Waals surface area contributed by atoms with Crippen molar-refractivity contribution in [3.8, 4) is 0 Å². The van der Waals surface area contributed by atoms with E-state index in [-0.39, 0.29) is 11.4 Å². The van der Waals surface area contributed by atoms with Gasteiger partial charge in [-0.3, -0.25) is 10.2 Å². The molecule has 0 saturated carbocycles. The van der Waals surface area contributed by atoms with Gasteiger partial charge in [0.05, 0.1) is 13.2 Å². The van der Waals surface area contributed by atoms with Crippen LogP contribution in [0.3, 0.4) is 0 Å². The van der Waals surface area contributed by atoms with Gasteiger partial charge in [0, 0.05) is 45.0 Å². The summed E-state index contributed by atoms with van der Waals surface area (Å²) in [5.74, 6) is 1.22. The Morgan fingerprint density at radius 3 is 2.71 bits per heavy atom. The van der Waals surface area contributed by atoms with Gasteiger partial charge in [-0.25, -0.2) is 14.8 Å². The molecule has 7 heteroatoms. The number of anilines is 1. The van der Waals surface area contributed by atoms with Crippen molar-refractivity contribution in [3.63, 3.8) is 0 Å². The smallest absolute Gasteiger partial charge is 0.322 e. The van der Waals surface area contributed by atoms with E-state index >= 15 is 0 Å². The zero-order chi connectivity index (χ0) is 17.7. The molecule has 1 aliphatic heterocycles. The van der Waals surface area contributed by atoms with E-state index < -0.39 is 0 Å². The molecule has 1 N–H and O–H groups in total. The molecule has 0 aliphatic carbocycles. The van der Waals surface area contributed by atoms with Crippen LogP contribution in [0.2, 0.25) is 0 Å². The molecule has 0 spiro atoms. The van der Waals surface area contributed by atoms with E-state index in [9.17, 15) is 4.79 Å². The van der Waals surface area contributed by atoms with Crippen LogP contribution < -0.4 is 5.32 Å². The second kappa shape index (κ2) is 7.90. The number of aromatic nitrogens is 2. The molecule has 1 aromatic heterocycles. The lowest BCUT2D eigenvalue weighted by Crippen LogP contribution is -2.47. The van der Waals surface area contributed by atoms with Gasteiger partial charge in [0.15, 0.2) is 0 Å². The topological polar surface area (TPSA) is 70.6 Å². The van der Waals surface area contributed by atoms with E-state index in [2.05, 4.69) is 34.0 Å². The minimum absolute atomic E-state index is 0.0000628. The van der Waals surface area contributed by atoms with Crippen molar-refractivity contribution in [2.24, 2.45) is 5.41 Å². The van der Waals surface area contributed by atoms with Crippen molar-refractivity contribution in [2.45, 2.75) is 27.7 Å². The van der Waals surface area contributed by atoms with Crippen molar-refractivity contribution in [1.82, 2.24) is 19.8 Å². The van der Waals surface area contributed by atoms with Crippen molar-refractivity contribution < 1.29 is 9.53 Å². The second-order valence-electron chi connectivity index (χ2n) is 7.29. The Hall–Kier alpha value is -1.73. The Labute approximate surface area is 144 Å².